The second kappa shape index (κ2) is 11.8. The summed E-state index contributed by atoms with van der Waals surface area (Å²) in [6, 6.07) is 9.33. The van der Waals surface area contributed by atoms with Crippen molar-refractivity contribution in [3.63, 3.8) is 0 Å². The average Bonchev–Trinajstić information content (AvgIpc) is 3.55. The van der Waals surface area contributed by atoms with Gasteiger partial charge in [-0.1, -0.05) is 18.2 Å². The SMILES string of the molecule is Cn1c(=O)n(-c2ccc(C[C@H](NC(=O)c3cc(F)c(NS(=O)(=O)c4cccs4)cc3F)C(=O)O)cc2)c(=O)c2ccncc21. The molecule has 0 spiro atoms. The van der Waals surface area contributed by atoms with Crippen LogP contribution in [0.2, 0.25) is 0 Å². The van der Waals surface area contributed by atoms with Crippen LogP contribution >= 0.6 is 11.3 Å². The van der Waals surface area contributed by atoms with Gasteiger partial charge in [0.25, 0.3) is 21.5 Å². The van der Waals surface area contributed by atoms with Crippen LogP contribution in [0.3, 0.4) is 0 Å². The average molecular weight is 642 g/mol. The molecule has 2 aromatic carbocycles. The second-order valence-electron chi connectivity index (χ2n) is 9.46. The van der Waals surface area contributed by atoms with Crippen molar-refractivity contribution in [2.45, 2.75) is 16.7 Å². The van der Waals surface area contributed by atoms with E-state index in [1.165, 1.54) is 71.9 Å². The summed E-state index contributed by atoms with van der Waals surface area (Å²) in [6.07, 6.45) is 2.53. The Morgan fingerprint density at radius 3 is 2.45 bits per heavy atom. The summed E-state index contributed by atoms with van der Waals surface area (Å²) in [5.41, 5.74) is -1.85. The van der Waals surface area contributed by atoms with Crippen LogP contribution in [0.15, 0.2) is 86.2 Å². The van der Waals surface area contributed by atoms with E-state index in [-0.39, 0.29) is 21.7 Å². The summed E-state index contributed by atoms with van der Waals surface area (Å²) in [4.78, 5) is 54.5. The van der Waals surface area contributed by atoms with Crippen molar-refractivity contribution in [3.8, 4) is 5.69 Å². The normalized spacial score (nSPS) is 12.2. The number of hydrogen-bond acceptors (Lipinski definition) is 8. The molecule has 3 heterocycles. The number of benzene rings is 2. The molecule has 12 nitrogen and oxygen atoms in total. The number of halogens is 2. The maximum Gasteiger partial charge on any atom is 0.335 e. The van der Waals surface area contributed by atoms with Crippen LogP contribution in [0.1, 0.15) is 15.9 Å². The monoisotopic (exact) mass is 641 g/mol. The fourth-order valence-corrected chi connectivity index (χ4v) is 6.44. The molecule has 1 atom stereocenters. The molecule has 5 aromatic rings. The maximum atomic E-state index is 14.8. The number of pyridine rings is 1. The predicted octanol–water partition coefficient (Wildman–Crippen LogP) is 2.65. The van der Waals surface area contributed by atoms with Crippen molar-refractivity contribution in [2.24, 2.45) is 7.05 Å². The summed E-state index contributed by atoms with van der Waals surface area (Å²) >= 11 is 0.861. The molecular formula is C28H21F2N5O7S2. The van der Waals surface area contributed by atoms with Gasteiger partial charge in [-0.2, -0.15) is 0 Å². The number of aryl methyl sites for hydroxylation is 1. The summed E-state index contributed by atoms with van der Waals surface area (Å²) in [6.45, 7) is 0. The van der Waals surface area contributed by atoms with Gasteiger partial charge in [-0.3, -0.25) is 23.9 Å². The largest absolute Gasteiger partial charge is 0.480 e. The number of amides is 1. The number of nitrogens with one attached hydrogen (secondary N) is 2. The number of carboxylic acid groups (broad SMARTS) is 1. The first-order chi connectivity index (χ1) is 20.9. The fourth-order valence-electron chi connectivity index (χ4n) is 4.39. The number of fused-ring (bicyclic) bond motifs is 1. The molecular weight excluding hydrogens is 620 g/mol. The molecule has 0 saturated carbocycles. The highest BCUT2D eigenvalue weighted by molar-refractivity contribution is 7.94. The lowest BCUT2D eigenvalue weighted by Crippen LogP contribution is -2.42. The quantitative estimate of drug-likeness (QED) is 0.221. The van der Waals surface area contributed by atoms with E-state index in [0.717, 1.165) is 15.9 Å². The number of aromatic nitrogens is 3. The first kappa shape index (κ1) is 30.2. The molecule has 44 heavy (non-hydrogen) atoms. The van der Waals surface area contributed by atoms with Crippen LogP contribution in [0, 0.1) is 11.6 Å². The van der Waals surface area contributed by atoms with Gasteiger partial charge in [-0.05, 0) is 41.3 Å². The van der Waals surface area contributed by atoms with Crippen LogP contribution in [0.4, 0.5) is 14.5 Å². The van der Waals surface area contributed by atoms with Crippen molar-refractivity contribution in [3.05, 3.63) is 116 Å². The molecule has 0 fully saturated rings. The Hall–Kier alpha value is -5.22. The van der Waals surface area contributed by atoms with E-state index in [9.17, 15) is 41.5 Å². The minimum Gasteiger partial charge on any atom is -0.480 e. The molecule has 0 saturated heterocycles. The van der Waals surface area contributed by atoms with Crippen LogP contribution in [0.5, 0.6) is 0 Å². The highest BCUT2D eigenvalue weighted by atomic mass is 32.2. The van der Waals surface area contributed by atoms with Crippen molar-refractivity contribution < 1.29 is 31.9 Å². The number of carbonyl (C=O) groups excluding carboxylic acids is 1. The minimum absolute atomic E-state index is 0.138. The number of nitrogens with zero attached hydrogens (tertiary/aromatic N) is 3. The Balaban J connectivity index is 1.35. The van der Waals surface area contributed by atoms with Crippen LogP contribution < -0.4 is 21.3 Å². The number of sulfonamides is 1. The van der Waals surface area contributed by atoms with Gasteiger partial charge in [0.1, 0.15) is 21.9 Å². The van der Waals surface area contributed by atoms with Gasteiger partial charge in [-0.25, -0.2) is 31.4 Å². The van der Waals surface area contributed by atoms with E-state index in [4.69, 9.17) is 0 Å². The smallest absolute Gasteiger partial charge is 0.335 e. The third-order valence-corrected chi connectivity index (χ3v) is 9.38. The maximum absolute atomic E-state index is 14.8. The Morgan fingerprint density at radius 2 is 1.80 bits per heavy atom. The lowest BCUT2D eigenvalue weighted by molar-refractivity contribution is -0.139. The molecule has 5 rings (SSSR count). The minimum atomic E-state index is -4.20. The zero-order valence-electron chi connectivity index (χ0n) is 22.5. The van der Waals surface area contributed by atoms with E-state index in [0.29, 0.717) is 23.2 Å². The molecule has 226 valence electrons. The molecule has 3 N–H and O–H groups in total. The van der Waals surface area contributed by atoms with Crippen LogP contribution in [0.25, 0.3) is 16.6 Å². The van der Waals surface area contributed by atoms with Gasteiger partial charge >= 0.3 is 11.7 Å². The first-order valence-corrected chi connectivity index (χ1v) is 15.0. The topological polar surface area (TPSA) is 169 Å². The van der Waals surface area contributed by atoms with E-state index in [2.05, 4.69) is 10.3 Å². The molecule has 0 aliphatic carbocycles. The number of hydrogen-bond donors (Lipinski definition) is 3. The molecule has 0 radical (unpaired) electrons. The molecule has 16 heteroatoms. The van der Waals surface area contributed by atoms with E-state index >= 15 is 0 Å². The van der Waals surface area contributed by atoms with Crippen LogP contribution in [-0.4, -0.2) is 45.6 Å². The van der Waals surface area contributed by atoms with Gasteiger partial charge in [0.15, 0.2) is 0 Å². The molecule has 0 aliphatic rings. The summed E-state index contributed by atoms with van der Waals surface area (Å²) < 4.78 is 58.3. The molecule has 0 unspecified atom stereocenters. The van der Waals surface area contributed by atoms with Gasteiger partial charge in [0.05, 0.1) is 34.0 Å². The number of aliphatic carboxylic acids is 1. The Labute approximate surface area is 250 Å². The van der Waals surface area contributed by atoms with Gasteiger partial charge in [0, 0.05) is 25.7 Å². The molecule has 3 aromatic heterocycles. The van der Waals surface area contributed by atoms with Crippen LogP contribution in [-0.2, 0) is 28.3 Å². The number of anilines is 1. The van der Waals surface area contributed by atoms with E-state index < -0.39 is 62.1 Å². The van der Waals surface area contributed by atoms with Crippen molar-refractivity contribution in [2.75, 3.05) is 4.72 Å². The summed E-state index contributed by atoms with van der Waals surface area (Å²) in [7, 11) is -2.71. The number of carboxylic acids is 1. The molecule has 1 amide bonds. The Kier molecular flexibility index (Phi) is 8.12. The third-order valence-electron chi connectivity index (χ3n) is 6.62. The zero-order valence-corrected chi connectivity index (χ0v) is 24.2. The van der Waals surface area contributed by atoms with Gasteiger partial charge < -0.3 is 10.4 Å². The summed E-state index contributed by atoms with van der Waals surface area (Å²) in [5.74, 6) is -5.28. The second-order valence-corrected chi connectivity index (χ2v) is 12.3. The predicted molar refractivity (Wildman–Crippen MR) is 157 cm³/mol. The fraction of sp³-hybridized carbons (Fsp3) is 0.107. The number of rotatable bonds is 9. The third kappa shape index (κ3) is 5.84. The number of carbonyl (C=O) groups is 2. The molecule has 0 aliphatic heterocycles. The van der Waals surface area contributed by atoms with E-state index in [1.54, 1.807) is 0 Å². The Morgan fingerprint density at radius 1 is 1.07 bits per heavy atom. The van der Waals surface area contributed by atoms with Crippen molar-refractivity contribution in [1.82, 2.24) is 19.4 Å². The van der Waals surface area contributed by atoms with E-state index in [1.807, 2.05) is 4.72 Å². The number of thiophene rings is 1. The van der Waals surface area contributed by atoms with Gasteiger partial charge in [-0.15, -0.1) is 11.3 Å². The lowest BCUT2D eigenvalue weighted by atomic mass is 10.0. The highest BCUT2D eigenvalue weighted by Crippen LogP contribution is 2.25. The lowest BCUT2D eigenvalue weighted by Gasteiger charge is -2.16. The Bertz CT molecular complexity index is 2150. The molecule has 0 bridgehead atoms. The highest BCUT2D eigenvalue weighted by Gasteiger charge is 2.25. The zero-order chi connectivity index (χ0) is 31.8. The van der Waals surface area contributed by atoms with Crippen molar-refractivity contribution in [1.29, 1.82) is 0 Å². The standard InChI is InChI=1S/C28H21F2N5O7S2/c1-34-23-14-31-9-8-17(23)26(37)35(28(34)40)16-6-4-15(5-7-16)11-22(27(38)39)32-25(36)18-12-20(30)21(13-19(18)29)33-44(41,42)24-3-2-10-43-24/h2-10,12-14,22,33H,11H2,1H3,(H,32,36)(H,38,39)/t22-/m0/s1. The summed E-state index contributed by atoms with van der Waals surface area (Å²) in [5, 5.41) is 13.6. The first-order valence-electron chi connectivity index (χ1n) is 12.6. The van der Waals surface area contributed by atoms with Gasteiger partial charge in [0.2, 0.25) is 0 Å². The van der Waals surface area contributed by atoms with Crippen molar-refractivity contribution >= 4 is 49.8 Å².